The number of aromatic nitrogens is 1. The van der Waals surface area contributed by atoms with Gasteiger partial charge in [0, 0.05) is 18.8 Å². The standard InChI is InChI=1S/C13H22N2O/c1-11-6-4-7-12(15-11)14-10-13(2,3)8-5-9-16/h4,6-7,16H,5,8-10H2,1-3H3,(H,14,15). The number of aliphatic hydroxyl groups is 1. The molecule has 1 aromatic heterocycles. The Kier molecular flexibility index (Phi) is 4.74. The fraction of sp³-hybridized carbons (Fsp3) is 0.615. The normalized spacial score (nSPS) is 11.5. The molecule has 16 heavy (non-hydrogen) atoms. The maximum Gasteiger partial charge on any atom is 0.126 e. The van der Waals surface area contributed by atoms with Gasteiger partial charge in [-0.1, -0.05) is 19.9 Å². The molecule has 1 aromatic rings. The van der Waals surface area contributed by atoms with Gasteiger partial charge in [0.25, 0.3) is 0 Å². The third-order valence-corrected chi connectivity index (χ3v) is 2.65. The third-order valence-electron chi connectivity index (χ3n) is 2.65. The summed E-state index contributed by atoms with van der Waals surface area (Å²) >= 11 is 0. The average molecular weight is 222 g/mol. The minimum atomic E-state index is 0.189. The van der Waals surface area contributed by atoms with Crippen molar-refractivity contribution in [2.24, 2.45) is 5.41 Å². The second-order valence-electron chi connectivity index (χ2n) is 5.01. The first-order valence-corrected chi connectivity index (χ1v) is 5.82. The summed E-state index contributed by atoms with van der Waals surface area (Å²) in [5.41, 5.74) is 1.21. The zero-order valence-electron chi connectivity index (χ0n) is 10.5. The lowest BCUT2D eigenvalue weighted by Crippen LogP contribution is -2.23. The first kappa shape index (κ1) is 13.0. The van der Waals surface area contributed by atoms with E-state index in [1.54, 1.807) is 0 Å². The van der Waals surface area contributed by atoms with Gasteiger partial charge in [-0.25, -0.2) is 4.98 Å². The number of anilines is 1. The SMILES string of the molecule is Cc1cccc(NCC(C)(C)CCCO)n1. The molecule has 90 valence electrons. The smallest absolute Gasteiger partial charge is 0.126 e. The van der Waals surface area contributed by atoms with E-state index >= 15 is 0 Å². The molecule has 3 heteroatoms. The highest BCUT2D eigenvalue weighted by Gasteiger charge is 2.16. The second kappa shape index (κ2) is 5.85. The summed E-state index contributed by atoms with van der Waals surface area (Å²) in [6.07, 6.45) is 1.87. The summed E-state index contributed by atoms with van der Waals surface area (Å²) in [4.78, 5) is 4.40. The van der Waals surface area contributed by atoms with Gasteiger partial charge in [-0.2, -0.15) is 0 Å². The summed E-state index contributed by atoms with van der Waals surface area (Å²) in [7, 11) is 0. The minimum Gasteiger partial charge on any atom is -0.396 e. The van der Waals surface area contributed by atoms with Crippen LogP contribution < -0.4 is 5.32 Å². The molecule has 0 aliphatic rings. The lowest BCUT2D eigenvalue weighted by Gasteiger charge is -2.24. The van der Waals surface area contributed by atoms with Crippen LogP contribution in [0.15, 0.2) is 18.2 Å². The van der Waals surface area contributed by atoms with Gasteiger partial charge in [0.1, 0.15) is 5.82 Å². The summed E-state index contributed by atoms with van der Waals surface area (Å²) < 4.78 is 0. The van der Waals surface area contributed by atoms with Crippen molar-refractivity contribution in [3.05, 3.63) is 23.9 Å². The van der Waals surface area contributed by atoms with Crippen LogP contribution >= 0.6 is 0 Å². The Morgan fingerprint density at radius 1 is 1.38 bits per heavy atom. The highest BCUT2D eigenvalue weighted by atomic mass is 16.2. The van der Waals surface area contributed by atoms with Crippen LogP contribution in [0.25, 0.3) is 0 Å². The Hall–Kier alpha value is -1.09. The summed E-state index contributed by atoms with van der Waals surface area (Å²) in [5, 5.41) is 12.2. The van der Waals surface area contributed by atoms with Crippen LogP contribution in [-0.2, 0) is 0 Å². The van der Waals surface area contributed by atoms with E-state index < -0.39 is 0 Å². The molecule has 0 aliphatic heterocycles. The molecule has 0 fully saturated rings. The molecule has 1 rings (SSSR count). The fourth-order valence-electron chi connectivity index (χ4n) is 1.62. The van der Waals surface area contributed by atoms with E-state index in [4.69, 9.17) is 5.11 Å². The molecule has 0 unspecified atom stereocenters. The van der Waals surface area contributed by atoms with E-state index in [2.05, 4.69) is 24.1 Å². The predicted molar refractivity (Wildman–Crippen MR) is 67.6 cm³/mol. The molecule has 0 bridgehead atoms. The summed E-state index contributed by atoms with van der Waals surface area (Å²) in [5.74, 6) is 0.928. The molecule has 0 aromatic carbocycles. The Balaban J connectivity index is 2.44. The second-order valence-corrected chi connectivity index (χ2v) is 5.01. The molecule has 0 atom stereocenters. The van der Waals surface area contributed by atoms with Gasteiger partial charge >= 0.3 is 0 Å². The van der Waals surface area contributed by atoms with Crippen molar-refractivity contribution in [2.45, 2.75) is 33.6 Å². The van der Waals surface area contributed by atoms with Crippen LogP contribution in [0, 0.1) is 12.3 Å². The topological polar surface area (TPSA) is 45.1 Å². The van der Waals surface area contributed by atoms with Gasteiger partial charge in [-0.15, -0.1) is 0 Å². The van der Waals surface area contributed by atoms with E-state index in [-0.39, 0.29) is 12.0 Å². The molecular weight excluding hydrogens is 200 g/mol. The van der Waals surface area contributed by atoms with Crippen LogP contribution in [0.4, 0.5) is 5.82 Å². The van der Waals surface area contributed by atoms with Gasteiger partial charge in [-0.05, 0) is 37.3 Å². The van der Waals surface area contributed by atoms with E-state index in [9.17, 15) is 0 Å². The fourth-order valence-corrected chi connectivity index (χ4v) is 1.62. The van der Waals surface area contributed by atoms with Crippen LogP contribution in [0.1, 0.15) is 32.4 Å². The van der Waals surface area contributed by atoms with Crippen molar-refractivity contribution < 1.29 is 5.11 Å². The number of pyridine rings is 1. The number of hydrogen-bond donors (Lipinski definition) is 2. The van der Waals surface area contributed by atoms with Crippen LogP contribution in [0.5, 0.6) is 0 Å². The van der Waals surface area contributed by atoms with Gasteiger partial charge in [0.05, 0.1) is 0 Å². The quantitative estimate of drug-likeness (QED) is 0.777. The van der Waals surface area contributed by atoms with Crippen LogP contribution in [0.2, 0.25) is 0 Å². The Morgan fingerprint density at radius 2 is 2.12 bits per heavy atom. The number of nitrogens with one attached hydrogen (secondary N) is 1. The molecule has 0 spiro atoms. The summed E-state index contributed by atoms with van der Waals surface area (Å²) in [6.45, 7) is 7.54. The van der Waals surface area contributed by atoms with Gasteiger partial charge < -0.3 is 10.4 Å². The van der Waals surface area contributed by atoms with Crippen molar-refractivity contribution in [3.63, 3.8) is 0 Å². The maximum absolute atomic E-state index is 8.82. The molecule has 0 saturated carbocycles. The monoisotopic (exact) mass is 222 g/mol. The first-order chi connectivity index (χ1) is 7.53. The van der Waals surface area contributed by atoms with E-state index in [1.807, 2.05) is 25.1 Å². The number of aryl methyl sites for hydroxylation is 1. The van der Waals surface area contributed by atoms with Crippen molar-refractivity contribution in [2.75, 3.05) is 18.5 Å². The van der Waals surface area contributed by atoms with Crippen molar-refractivity contribution in [1.29, 1.82) is 0 Å². The maximum atomic E-state index is 8.82. The number of rotatable bonds is 6. The van der Waals surface area contributed by atoms with Crippen molar-refractivity contribution in [3.8, 4) is 0 Å². The van der Waals surface area contributed by atoms with E-state index in [0.717, 1.165) is 30.9 Å². The first-order valence-electron chi connectivity index (χ1n) is 5.82. The predicted octanol–water partition coefficient (Wildman–Crippen LogP) is 2.60. The lowest BCUT2D eigenvalue weighted by atomic mass is 9.88. The van der Waals surface area contributed by atoms with Gasteiger partial charge in [0.2, 0.25) is 0 Å². The highest BCUT2D eigenvalue weighted by Crippen LogP contribution is 2.22. The Labute approximate surface area is 97.9 Å². The van der Waals surface area contributed by atoms with Crippen molar-refractivity contribution in [1.82, 2.24) is 4.98 Å². The highest BCUT2D eigenvalue weighted by molar-refractivity contribution is 5.35. The molecular formula is C13H22N2O. The summed E-state index contributed by atoms with van der Waals surface area (Å²) in [6, 6.07) is 5.97. The molecule has 0 aliphatic carbocycles. The lowest BCUT2D eigenvalue weighted by molar-refractivity contribution is 0.248. The number of aliphatic hydroxyl groups excluding tert-OH is 1. The minimum absolute atomic E-state index is 0.189. The average Bonchev–Trinajstić information content (AvgIpc) is 2.24. The number of nitrogens with zero attached hydrogens (tertiary/aromatic N) is 1. The molecule has 0 saturated heterocycles. The molecule has 0 radical (unpaired) electrons. The van der Waals surface area contributed by atoms with Gasteiger partial charge in [-0.3, -0.25) is 0 Å². The third kappa shape index (κ3) is 4.62. The molecule has 0 amide bonds. The van der Waals surface area contributed by atoms with Crippen LogP contribution in [-0.4, -0.2) is 23.2 Å². The van der Waals surface area contributed by atoms with E-state index in [0.29, 0.717) is 0 Å². The molecule has 3 nitrogen and oxygen atoms in total. The largest absolute Gasteiger partial charge is 0.396 e. The zero-order valence-corrected chi connectivity index (χ0v) is 10.5. The molecule has 2 N–H and O–H groups in total. The van der Waals surface area contributed by atoms with Gasteiger partial charge in [0.15, 0.2) is 0 Å². The zero-order chi connectivity index (χ0) is 12.0. The Bertz CT molecular complexity index is 323. The van der Waals surface area contributed by atoms with Crippen LogP contribution in [0.3, 0.4) is 0 Å². The molecule has 1 heterocycles. The van der Waals surface area contributed by atoms with Crippen molar-refractivity contribution >= 4 is 5.82 Å². The number of hydrogen-bond acceptors (Lipinski definition) is 3. The Morgan fingerprint density at radius 3 is 2.75 bits per heavy atom. The van der Waals surface area contributed by atoms with E-state index in [1.165, 1.54) is 0 Å².